The van der Waals surface area contributed by atoms with Crippen molar-refractivity contribution in [2.45, 2.75) is 50.6 Å². The van der Waals surface area contributed by atoms with E-state index in [4.69, 9.17) is 18.9 Å². The van der Waals surface area contributed by atoms with Gasteiger partial charge < -0.3 is 28.9 Å². The van der Waals surface area contributed by atoms with Crippen molar-refractivity contribution in [1.29, 1.82) is 0 Å². The SMILES string of the molecule is COc1ccc(C[C@H](NC(=O)c2ccc3c(c2)nc(-c2ccoc2)n3C2CCCCC2)C(=O)O)cc1OC. The molecule has 198 valence electrons. The van der Waals surface area contributed by atoms with Crippen LogP contribution in [0.15, 0.2) is 59.4 Å². The third-order valence-electron chi connectivity index (χ3n) is 7.16. The lowest BCUT2D eigenvalue weighted by molar-refractivity contribution is -0.139. The summed E-state index contributed by atoms with van der Waals surface area (Å²) in [5, 5.41) is 12.5. The first kappa shape index (κ1) is 25.4. The van der Waals surface area contributed by atoms with Gasteiger partial charge in [-0.1, -0.05) is 25.3 Å². The normalized spacial score (nSPS) is 14.8. The zero-order valence-electron chi connectivity index (χ0n) is 21.5. The molecule has 38 heavy (non-hydrogen) atoms. The van der Waals surface area contributed by atoms with Gasteiger partial charge in [-0.3, -0.25) is 4.79 Å². The first-order valence-electron chi connectivity index (χ1n) is 12.8. The number of furan rings is 1. The summed E-state index contributed by atoms with van der Waals surface area (Å²) in [6, 6.07) is 11.6. The first-order valence-corrected chi connectivity index (χ1v) is 12.8. The molecule has 9 heteroatoms. The number of carboxylic acids is 1. The average Bonchev–Trinajstić information content (AvgIpc) is 3.60. The van der Waals surface area contributed by atoms with Gasteiger partial charge in [-0.05, 0) is 54.8 Å². The van der Waals surface area contributed by atoms with E-state index in [0.717, 1.165) is 29.7 Å². The number of amides is 1. The Kier molecular flexibility index (Phi) is 7.35. The lowest BCUT2D eigenvalue weighted by atomic mass is 9.95. The number of nitrogens with one attached hydrogen (secondary N) is 1. The third kappa shape index (κ3) is 5.09. The lowest BCUT2D eigenvalue weighted by Gasteiger charge is -2.25. The summed E-state index contributed by atoms with van der Waals surface area (Å²) in [6.45, 7) is 0. The second-order valence-corrected chi connectivity index (χ2v) is 9.57. The number of aromatic nitrogens is 2. The molecule has 2 aromatic carbocycles. The second-order valence-electron chi connectivity index (χ2n) is 9.57. The van der Waals surface area contributed by atoms with E-state index < -0.39 is 17.9 Å². The van der Waals surface area contributed by atoms with Crippen LogP contribution in [0.4, 0.5) is 0 Å². The van der Waals surface area contributed by atoms with Gasteiger partial charge in [-0.2, -0.15) is 0 Å². The third-order valence-corrected chi connectivity index (χ3v) is 7.16. The van der Waals surface area contributed by atoms with Gasteiger partial charge in [0, 0.05) is 18.0 Å². The molecule has 0 spiro atoms. The van der Waals surface area contributed by atoms with Gasteiger partial charge in [-0.25, -0.2) is 9.78 Å². The molecular weight excluding hydrogens is 486 g/mol. The molecule has 2 N–H and O–H groups in total. The van der Waals surface area contributed by atoms with Gasteiger partial charge in [0.05, 0.1) is 37.1 Å². The van der Waals surface area contributed by atoms with Crippen LogP contribution >= 0.6 is 0 Å². The second kappa shape index (κ2) is 11.0. The van der Waals surface area contributed by atoms with Crippen LogP contribution in [-0.2, 0) is 11.2 Å². The summed E-state index contributed by atoms with van der Waals surface area (Å²) >= 11 is 0. The molecule has 1 aliphatic carbocycles. The summed E-state index contributed by atoms with van der Waals surface area (Å²) in [5.74, 6) is 0.251. The molecule has 0 saturated heterocycles. The van der Waals surface area contributed by atoms with Gasteiger partial charge >= 0.3 is 5.97 Å². The number of rotatable bonds is 9. The fourth-order valence-electron chi connectivity index (χ4n) is 5.23. The number of carboxylic acid groups (broad SMARTS) is 1. The molecule has 0 bridgehead atoms. The minimum absolute atomic E-state index is 0.0879. The summed E-state index contributed by atoms with van der Waals surface area (Å²) < 4.78 is 18.2. The molecular formula is C29H31N3O6. The highest BCUT2D eigenvalue weighted by Crippen LogP contribution is 2.36. The van der Waals surface area contributed by atoms with E-state index in [9.17, 15) is 14.7 Å². The van der Waals surface area contributed by atoms with Crippen molar-refractivity contribution in [1.82, 2.24) is 14.9 Å². The molecule has 0 radical (unpaired) electrons. The number of benzene rings is 2. The molecule has 4 aromatic rings. The lowest BCUT2D eigenvalue weighted by Crippen LogP contribution is -2.42. The van der Waals surface area contributed by atoms with Crippen molar-refractivity contribution in [3.8, 4) is 22.9 Å². The number of carbonyl (C=O) groups excluding carboxylic acids is 1. The van der Waals surface area contributed by atoms with E-state index >= 15 is 0 Å². The van der Waals surface area contributed by atoms with Crippen molar-refractivity contribution in [2.75, 3.05) is 14.2 Å². The predicted molar refractivity (Wildman–Crippen MR) is 142 cm³/mol. The molecule has 5 rings (SSSR count). The fraction of sp³-hybridized carbons (Fsp3) is 0.345. The standard InChI is InChI=1S/C29H31N3O6/c1-36-25-11-8-18(15-26(25)37-2)14-23(29(34)35)31-28(33)19-9-10-24-22(16-19)30-27(20-12-13-38-17-20)32(24)21-6-4-3-5-7-21/h8-13,15-17,21,23H,3-7,14H2,1-2H3,(H,31,33)(H,34,35)/t23-/m0/s1. The van der Waals surface area contributed by atoms with E-state index in [0.29, 0.717) is 34.2 Å². The number of aliphatic carboxylic acids is 1. The maximum atomic E-state index is 13.2. The highest BCUT2D eigenvalue weighted by atomic mass is 16.5. The summed E-state index contributed by atoms with van der Waals surface area (Å²) in [5.41, 5.74) is 3.57. The Morgan fingerprint density at radius 1 is 1.08 bits per heavy atom. The van der Waals surface area contributed by atoms with Crippen LogP contribution in [0, 0.1) is 0 Å². The molecule has 0 unspecified atom stereocenters. The average molecular weight is 518 g/mol. The Balaban J connectivity index is 1.41. The van der Waals surface area contributed by atoms with E-state index in [1.54, 1.807) is 42.9 Å². The summed E-state index contributed by atoms with van der Waals surface area (Å²) in [4.78, 5) is 30.1. The predicted octanol–water partition coefficient (Wildman–Crippen LogP) is 5.24. The van der Waals surface area contributed by atoms with Crippen LogP contribution in [-0.4, -0.2) is 46.8 Å². The number of carbonyl (C=O) groups is 2. The van der Waals surface area contributed by atoms with Gasteiger partial charge in [-0.15, -0.1) is 0 Å². The fourth-order valence-corrected chi connectivity index (χ4v) is 5.23. The Hall–Kier alpha value is -4.27. The molecule has 1 aliphatic rings. The molecule has 0 aliphatic heterocycles. The van der Waals surface area contributed by atoms with Crippen molar-refractivity contribution < 1.29 is 28.6 Å². The zero-order valence-corrected chi connectivity index (χ0v) is 21.5. The number of ether oxygens (including phenoxy) is 2. The maximum Gasteiger partial charge on any atom is 0.326 e. The van der Waals surface area contributed by atoms with Crippen LogP contribution in [0.1, 0.15) is 54.1 Å². The number of imidazole rings is 1. The van der Waals surface area contributed by atoms with Crippen LogP contribution in [0.3, 0.4) is 0 Å². The van der Waals surface area contributed by atoms with Crippen LogP contribution in [0.5, 0.6) is 11.5 Å². The Bertz CT molecular complexity index is 1440. The highest BCUT2D eigenvalue weighted by molar-refractivity contribution is 5.99. The van der Waals surface area contributed by atoms with Crippen molar-refractivity contribution in [3.05, 3.63) is 66.1 Å². The highest BCUT2D eigenvalue weighted by Gasteiger charge is 2.25. The van der Waals surface area contributed by atoms with Gasteiger partial charge in [0.25, 0.3) is 5.91 Å². The van der Waals surface area contributed by atoms with Crippen molar-refractivity contribution >= 4 is 22.9 Å². The molecule has 2 aromatic heterocycles. The Morgan fingerprint density at radius 2 is 1.87 bits per heavy atom. The van der Waals surface area contributed by atoms with Crippen LogP contribution in [0.25, 0.3) is 22.4 Å². The zero-order chi connectivity index (χ0) is 26.6. The number of methoxy groups -OCH3 is 2. The van der Waals surface area contributed by atoms with E-state index in [2.05, 4.69) is 9.88 Å². The van der Waals surface area contributed by atoms with Gasteiger partial charge in [0.2, 0.25) is 0 Å². The summed E-state index contributed by atoms with van der Waals surface area (Å²) in [6.07, 6.45) is 9.14. The largest absolute Gasteiger partial charge is 0.493 e. The quantitative estimate of drug-likeness (QED) is 0.312. The monoisotopic (exact) mass is 517 g/mol. The number of nitrogens with zero attached hydrogens (tertiary/aromatic N) is 2. The minimum atomic E-state index is -1.13. The molecule has 2 heterocycles. The Morgan fingerprint density at radius 3 is 2.55 bits per heavy atom. The number of hydrogen-bond donors (Lipinski definition) is 2. The van der Waals surface area contributed by atoms with Crippen molar-refractivity contribution in [2.24, 2.45) is 0 Å². The van der Waals surface area contributed by atoms with Gasteiger partial charge in [0.1, 0.15) is 18.1 Å². The van der Waals surface area contributed by atoms with Crippen molar-refractivity contribution in [3.63, 3.8) is 0 Å². The number of hydrogen-bond acceptors (Lipinski definition) is 6. The topological polar surface area (TPSA) is 116 Å². The summed E-state index contributed by atoms with van der Waals surface area (Å²) in [7, 11) is 3.05. The molecule has 9 nitrogen and oxygen atoms in total. The van der Waals surface area contributed by atoms with Crippen LogP contribution < -0.4 is 14.8 Å². The molecule has 1 amide bonds. The van der Waals surface area contributed by atoms with Crippen LogP contribution in [0.2, 0.25) is 0 Å². The maximum absolute atomic E-state index is 13.2. The van der Waals surface area contributed by atoms with Gasteiger partial charge in [0.15, 0.2) is 11.5 Å². The first-order chi connectivity index (χ1) is 18.5. The number of fused-ring (bicyclic) bond motifs is 1. The smallest absolute Gasteiger partial charge is 0.326 e. The van der Waals surface area contributed by atoms with E-state index in [1.165, 1.54) is 33.5 Å². The minimum Gasteiger partial charge on any atom is -0.493 e. The molecule has 1 atom stereocenters. The molecule has 1 fully saturated rings. The molecule has 1 saturated carbocycles. The van der Waals surface area contributed by atoms with E-state index in [1.807, 2.05) is 12.1 Å². The van der Waals surface area contributed by atoms with E-state index in [-0.39, 0.29) is 6.42 Å². The Labute approximate surface area is 220 Å².